The minimum absolute atomic E-state index is 0.0302. The fraction of sp³-hybridized carbons (Fsp3) is 0.524. The summed E-state index contributed by atoms with van der Waals surface area (Å²) in [4.78, 5) is 25.9. The van der Waals surface area contributed by atoms with Crippen LogP contribution in [0.3, 0.4) is 0 Å². The minimum Gasteiger partial charge on any atom is -0.341 e. The molecule has 1 aromatic rings. The highest BCUT2D eigenvalue weighted by molar-refractivity contribution is 8.00. The van der Waals surface area contributed by atoms with Crippen molar-refractivity contribution in [2.75, 3.05) is 26.2 Å². The first-order chi connectivity index (χ1) is 14.4. The number of piperidine rings is 1. The third-order valence-electron chi connectivity index (χ3n) is 6.22. The Hall–Kier alpha value is -1.84. The van der Waals surface area contributed by atoms with E-state index in [9.17, 15) is 18.0 Å². The van der Waals surface area contributed by atoms with Crippen LogP contribution >= 0.6 is 11.8 Å². The Morgan fingerprint density at radius 2 is 1.83 bits per heavy atom. The Kier molecular flexibility index (Phi) is 6.22. The second kappa shape index (κ2) is 8.72. The average Bonchev–Trinajstić information content (AvgIpc) is 3.33. The molecule has 3 aliphatic rings. The number of likely N-dealkylation sites (tertiary alicyclic amines) is 1. The van der Waals surface area contributed by atoms with Crippen molar-refractivity contribution in [2.24, 2.45) is 5.92 Å². The highest BCUT2D eigenvalue weighted by Gasteiger charge is 2.47. The van der Waals surface area contributed by atoms with Crippen LogP contribution in [0.4, 0.5) is 0 Å². The molecule has 9 heteroatoms. The number of nitrogens with zero attached hydrogens (tertiary/aromatic N) is 2. The number of sulfonamides is 1. The van der Waals surface area contributed by atoms with Crippen LogP contribution in [-0.4, -0.2) is 71.5 Å². The van der Waals surface area contributed by atoms with Gasteiger partial charge in [-0.2, -0.15) is 0 Å². The quantitative estimate of drug-likeness (QED) is 0.692. The molecule has 0 radical (unpaired) electrons. The van der Waals surface area contributed by atoms with Crippen molar-refractivity contribution in [1.82, 2.24) is 14.5 Å². The number of nitrogens with one attached hydrogen (secondary N) is 1. The van der Waals surface area contributed by atoms with Crippen LogP contribution < -0.4 is 5.32 Å². The number of hydrogen-bond acceptors (Lipinski definition) is 5. The zero-order valence-electron chi connectivity index (χ0n) is 16.8. The van der Waals surface area contributed by atoms with Gasteiger partial charge in [-0.25, -0.2) is 12.7 Å². The van der Waals surface area contributed by atoms with Crippen LogP contribution in [0.2, 0.25) is 0 Å². The molecule has 3 saturated heterocycles. The second-order valence-electron chi connectivity index (χ2n) is 8.09. The molecule has 0 bridgehead atoms. The molecule has 3 heterocycles. The Morgan fingerprint density at radius 3 is 2.47 bits per heavy atom. The van der Waals surface area contributed by atoms with E-state index < -0.39 is 15.3 Å². The molecule has 3 unspecified atom stereocenters. The van der Waals surface area contributed by atoms with Gasteiger partial charge in [-0.15, -0.1) is 11.8 Å². The Bertz CT molecular complexity index is 899. The van der Waals surface area contributed by atoms with E-state index in [0.717, 1.165) is 6.42 Å². The first-order valence-corrected chi connectivity index (χ1v) is 12.7. The summed E-state index contributed by atoms with van der Waals surface area (Å²) in [7, 11) is -3.38. The fourth-order valence-electron chi connectivity index (χ4n) is 4.57. The standard InChI is InChI=1S/C21H27N3O4S2/c1-2-19(25)22-20-12-16-13-24(14-18(16)29-20)30(27,28)17-8-10-23(11-9-17)21(26)15-6-4-3-5-7-15/h2-7,16-18,20H,1,8-14H2,(H,22,25). The number of thioether (sulfide) groups is 1. The predicted octanol–water partition coefficient (Wildman–Crippen LogP) is 1.69. The average molecular weight is 450 g/mol. The molecule has 3 fully saturated rings. The summed E-state index contributed by atoms with van der Waals surface area (Å²) in [5, 5.41) is 2.72. The van der Waals surface area contributed by atoms with Gasteiger partial charge in [-0.1, -0.05) is 24.8 Å². The number of carbonyl (C=O) groups is 2. The van der Waals surface area contributed by atoms with E-state index in [-0.39, 0.29) is 28.4 Å². The smallest absolute Gasteiger partial charge is 0.253 e. The molecular formula is C21H27N3O4S2. The van der Waals surface area contributed by atoms with Crippen LogP contribution in [0.25, 0.3) is 0 Å². The highest BCUT2D eigenvalue weighted by atomic mass is 32.2. The molecular weight excluding hydrogens is 422 g/mol. The van der Waals surface area contributed by atoms with Gasteiger partial charge in [-0.05, 0) is 43.4 Å². The van der Waals surface area contributed by atoms with Crippen LogP contribution in [0, 0.1) is 5.92 Å². The summed E-state index contributed by atoms with van der Waals surface area (Å²) in [6.45, 7) is 5.41. The molecule has 2 amide bonds. The number of amides is 2. The zero-order valence-corrected chi connectivity index (χ0v) is 18.4. The molecule has 30 heavy (non-hydrogen) atoms. The molecule has 1 aromatic carbocycles. The molecule has 3 atom stereocenters. The highest BCUT2D eigenvalue weighted by Crippen LogP contribution is 2.43. The molecule has 3 aliphatic heterocycles. The number of rotatable bonds is 5. The number of hydrogen-bond donors (Lipinski definition) is 1. The molecule has 1 N–H and O–H groups in total. The van der Waals surface area contributed by atoms with E-state index in [1.165, 1.54) is 6.08 Å². The Labute approximate surface area is 181 Å². The van der Waals surface area contributed by atoms with Gasteiger partial charge in [0.2, 0.25) is 15.9 Å². The first-order valence-electron chi connectivity index (χ1n) is 10.3. The summed E-state index contributed by atoms with van der Waals surface area (Å²) < 4.78 is 28.0. The Balaban J connectivity index is 1.31. The van der Waals surface area contributed by atoms with Gasteiger partial charge in [0, 0.05) is 37.0 Å². The normalized spacial score (nSPS) is 27.6. The van der Waals surface area contributed by atoms with Gasteiger partial charge in [-0.3, -0.25) is 9.59 Å². The molecule has 0 saturated carbocycles. The first kappa shape index (κ1) is 21.4. The van der Waals surface area contributed by atoms with Crippen LogP contribution in [0.1, 0.15) is 29.6 Å². The van der Waals surface area contributed by atoms with Crippen molar-refractivity contribution in [3.05, 3.63) is 48.6 Å². The van der Waals surface area contributed by atoms with Crippen molar-refractivity contribution >= 4 is 33.6 Å². The maximum Gasteiger partial charge on any atom is 0.253 e. The predicted molar refractivity (Wildman–Crippen MR) is 117 cm³/mol. The fourth-order valence-corrected chi connectivity index (χ4v) is 8.31. The van der Waals surface area contributed by atoms with Crippen molar-refractivity contribution in [3.63, 3.8) is 0 Å². The van der Waals surface area contributed by atoms with Gasteiger partial charge in [0.25, 0.3) is 5.91 Å². The topological polar surface area (TPSA) is 86.8 Å². The number of fused-ring (bicyclic) bond motifs is 1. The van der Waals surface area contributed by atoms with Crippen LogP contribution in [0.15, 0.2) is 43.0 Å². The van der Waals surface area contributed by atoms with E-state index in [1.807, 2.05) is 18.2 Å². The van der Waals surface area contributed by atoms with E-state index >= 15 is 0 Å². The van der Waals surface area contributed by atoms with E-state index in [0.29, 0.717) is 44.6 Å². The Morgan fingerprint density at radius 1 is 1.13 bits per heavy atom. The lowest BCUT2D eigenvalue weighted by Crippen LogP contribution is -2.46. The molecule has 4 rings (SSSR count). The van der Waals surface area contributed by atoms with Gasteiger partial charge < -0.3 is 10.2 Å². The minimum atomic E-state index is -3.38. The SMILES string of the molecule is C=CC(=O)NC1CC2CN(S(=O)(=O)C3CCN(C(=O)c4ccccc4)CC3)CC2S1. The lowest BCUT2D eigenvalue weighted by molar-refractivity contribution is -0.116. The van der Waals surface area contributed by atoms with Gasteiger partial charge >= 0.3 is 0 Å². The summed E-state index contributed by atoms with van der Waals surface area (Å²) in [5.74, 6) is 0.0413. The van der Waals surface area contributed by atoms with E-state index in [2.05, 4.69) is 11.9 Å². The summed E-state index contributed by atoms with van der Waals surface area (Å²) in [6.07, 6.45) is 2.99. The maximum atomic E-state index is 13.2. The number of carbonyl (C=O) groups excluding carboxylic acids is 2. The molecule has 162 valence electrons. The monoisotopic (exact) mass is 449 g/mol. The number of benzene rings is 1. The third kappa shape index (κ3) is 4.29. The van der Waals surface area contributed by atoms with Crippen molar-refractivity contribution < 1.29 is 18.0 Å². The van der Waals surface area contributed by atoms with Crippen molar-refractivity contribution in [1.29, 1.82) is 0 Å². The second-order valence-corrected chi connectivity index (χ2v) is 11.8. The zero-order chi connectivity index (χ0) is 21.3. The lowest BCUT2D eigenvalue weighted by atomic mass is 10.1. The summed E-state index contributed by atoms with van der Waals surface area (Å²) in [6, 6.07) is 9.11. The van der Waals surface area contributed by atoms with Gasteiger partial charge in [0.05, 0.1) is 10.6 Å². The maximum absolute atomic E-state index is 13.2. The van der Waals surface area contributed by atoms with E-state index in [4.69, 9.17) is 0 Å². The molecule has 0 aliphatic carbocycles. The largest absolute Gasteiger partial charge is 0.341 e. The van der Waals surface area contributed by atoms with Crippen molar-refractivity contribution in [2.45, 2.75) is 35.1 Å². The lowest BCUT2D eigenvalue weighted by Gasteiger charge is -2.34. The van der Waals surface area contributed by atoms with E-state index in [1.54, 1.807) is 33.1 Å². The molecule has 7 nitrogen and oxygen atoms in total. The van der Waals surface area contributed by atoms with Gasteiger partial charge in [0.15, 0.2) is 0 Å². The van der Waals surface area contributed by atoms with Crippen molar-refractivity contribution in [3.8, 4) is 0 Å². The molecule has 0 aromatic heterocycles. The van der Waals surface area contributed by atoms with Crippen LogP contribution in [-0.2, 0) is 14.8 Å². The summed E-state index contributed by atoms with van der Waals surface area (Å²) >= 11 is 1.65. The third-order valence-corrected chi connectivity index (χ3v) is 10.1. The van der Waals surface area contributed by atoms with Crippen LogP contribution in [0.5, 0.6) is 0 Å². The van der Waals surface area contributed by atoms with Gasteiger partial charge in [0.1, 0.15) is 0 Å². The summed E-state index contributed by atoms with van der Waals surface area (Å²) in [5.41, 5.74) is 0.640. The molecule has 0 spiro atoms.